The van der Waals surface area contributed by atoms with Gasteiger partial charge in [0.25, 0.3) is 0 Å². The summed E-state index contributed by atoms with van der Waals surface area (Å²) in [6, 6.07) is 17.0. The Kier molecular flexibility index (Phi) is 25.7. The third-order valence-corrected chi connectivity index (χ3v) is 5.52. The summed E-state index contributed by atoms with van der Waals surface area (Å²) in [6.07, 6.45) is 16.3. The van der Waals surface area contributed by atoms with E-state index in [0.717, 1.165) is 0 Å². The van der Waals surface area contributed by atoms with Crippen LogP contribution < -0.4 is 16.0 Å². The Morgan fingerprint density at radius 2 is 1.00 bits per heavy atom. The summed E-state index contributed by atoms with van der Waals surface area (Å²) in [5.41, 5.74) is 5.05. The van der Waals surface area contributed by atoms with Crippen LogP contribution in [0.4, 0.5) is 0 Å². The molecular formula is C30H47N3Ti. The Morgan fingerprint density at radius 3 is 1.24 bits per heavy atom. The van der Waals surface area contributed by atoms with Crippen molar-refractivity contribution < 1.29 is 19.2 Å². The third kappa shape index (κ3) is 21.8. The van der Waals surface area contributed by atoms with Gasteiger partial charge in [0.05, 0.1) is 0 Å². The van der Waals surface area contributed by atoms with Crippen molar-refractivity contribution in [1.29, 1.82) is 0 Å². The molecule has 3 N–H and O–H groups in total. The Balaban J connectivity index is 0. The van der Waals surface area contributed by atoms with Crippen molar-refractivity contribution >= 4 is 12.2 Å². The Labute approximate surface area is 219 Å². The van der Waals surface area contributed by atoms with E-state index in [1.54, 1.807) is 3.88 Å². The van der Waals surface area contributed by atoms with Crippen LogP contribution in [-0.2, 0) is 19.2 Å². The maximum atomic E-state index is 2.75. The second kappa shape index (κ2) is 25.6. The second-order valence-corrected chi connectivity index (χ2v) is 9.40. The first kappa shape index (κ1) is 34.2. The number of allylic oxidation sites excluding steroid dienone is 6. The third-order valence-electron chi connectivity index (χ3n) is 3.94. The van der Waals surface area contributed by atoms with E-state index in [1.807, 2.05) is 42.3 Å². The molecule has 0 fully saturated rings. The van der Waals surface area contributed by atoms with Crippen LogP contribution in [0.3, 0.4) is 0 Å². The number of hydrogen-bond donors (Lipinski definition) is 3. The molecule has 0 amide bonds. The van der Waals surface area contributed by atoms with Gasteiger partial charge in [0.2, 0.25) is 0 Å². The molecule has 186 valence electrons. The van der Waals surface area contributed by atoms with Gasteiger partial charge in [-0.15, -0.1) is 0 Å². The summed E-state index contributed by atoms with van der Waals surface area (Å²) in [5.74, 6) is 0. The molecule has 0 aliphatic heterocycles. The van der Waals surface area contributed by atoms with Crippen LogP contribution in [-0.4, -0.2) is 42.3 Å². The van der Waals surface area contributed by atoms with Crippen LogP contribution in [0.25, 0.3) is 12.2 Å². The first-order valence-electron chi connectivity index (χ1n) is 11.7. The fourth-order valence-electron chi connectivity index (χ4n) is 2.32. The fourth-order valence-corrected chi connectivity index (χ4v) is 3.23. The van der Waals surface area contributed by atoms with Gasteiger partial charge in [-0.05, 0) is 67.3 Å². The van der Waals surface area contributed by atoms with Crippen molar-refractivity contribution in [3.05, 3.63) is 105 Å². The summed E-state index contributed by atoms with van der Waals surface area (Å²) in [5, 5.41) is 10.6. The van der Waals surface area contributed by atoms with Crippen molar-refractivity contribution in [3.8, 4) is 0 Å². The monoisotopic (exact) mass is 497 g/mol. The van der Waals surface area contributed by atoms with E-state index < -0.39 is 0 Å². The molecule has 0 atom stereocenters. The van der Waals surface area contributed by atoms with Crippen molar-refractivity contribution in [2.75, 3.05) is 42.3 Å². The van der Waals surface area contributed by atoms with Gasteiger partial charge in [-0.25, -0.2) is 0 Å². The van der Waals surface area contributed by atoms with Crippen LogP contribution in [0, 0.1) is 13.8 Å². The molecule has 2 aromatic rings. The van der Waals surface area contributed by atoms with Crippen LogP contribution in [0.15, 0.2) is 82.8 Å². The second-order valence-electron chi connectivity index (χ2n) is 7.61. The SMILES string of the molecule is CNC.CNC.CNC.Cc1ccc(C=CC=Cc2ccc(C)cc2)cc1.[CH3][Ti][C]1=CC=CC1. The maximum absolute atomic E-state index is 2.75. The quantitative estimate of drug-likeness (QED) is 0.334. The van der Waals surface area contributed by atoms with Crippen molar-refractivity contribution in [2.45, 2.75) is 25.5 Å². The van der Waals surface area contributed by atoms with Crippen molar-refractivity contribution in [3.63, 3.8) is 0 Å². The van der Waals surface area contributed by atoms with Crippen LogP contribution in [0.2, 0.25) is 5.23 Å². The molecule has 4 heteroatoms. The average Bonchev–Trinajstić information content (AvgIpc) is 3.35. The Bertz CT molecular complexity index is 759. The number of nitrogens with one attached hydrogen (secondary N) is 3. The number of rotatable bonds is 4. The van der Waals surface area contributed by atoms with E-state index in [1.165, 1.54) is 28.7 Å². The fraction of sp³-hybridized carbons (Fsp3) is 0.333. The Hall–Kier alpha value is -2.01. The number of hydrogen-bond acceptors (Lipinski definition) is 3. The van der Waals surface area contributed by atoms with Crippen molar-refractivity contribution in [2.24, 2.45) is 0 Å². The molecule has 0 bridgehead atoms. The summed E-state index contributed by atoms with van der Waals surface area (Å²) in [4.78, 5) is 0. The Morgan fingerprint density at radius 1 is 0.647 bits per heavy atom. The number of aryl methyl sites for hydroxylation is 2. The van der Waals surface area contributed by atoms with E-state index >= 15 is 0 Å². The standard InChI is InChI=1S/C18H18.C5H5.3C2H7N.CH3.Ti/c1-15-7-11-17(12-8-15)5-3-4-6-18-13-9-16(2)10-14-18;1-2-4-5-3-1;3*1-3-2;;/h3-14H,1-2H3;1-3H,4H2;3*3H,1-2H3;1H3;. The molecule has 0 heterocycles. The molecule has 0 radical (unpaired) electrons. The molecule has 1 aliphatic rings. The zero-order chi connectivity index (χ0) is 26.0. The van der Waals surface area contributed by atoms with Gasteiger partial charge in [0, 0.05) is 0 Å². The molecule has 2 aromatic carbocycles. The molecule has 0 unspecified atom stereocenters. The summed E-state index contributed by atoms with van der Waals surface area (Å²) < 4.78 is 1.68. The van der Waals surface area contributed by atoms with Gasteiger partial charge in [-0.2, -0.15) is 0 Å². The predicted octanol–water partition coefficient (Wildman–Crippen LogP) is 6.50. The molecule has 3 rings (SSSR count). The topological polar surface area (TPSA) is 36.1 Å². The molecule has 0 aromatic heterocycles. The molecule has 0 spiro atoms. The molecule has 3 nitrogen and oxygen atoms in total. The van der Waals surface area contributed by atoms with Crippen LogP contribution in [0.5, 0.6) is 0 Å². The van der Waals surface area contributed by atoms with E-state index in [0.29, 0.717) is 19.2 Å². The first-order chi connectivity index (χ1) is 16.4. The van der Waals surface area contributed by atoms with E-state index in [4.69, 9.17) is 0 Å². The summed E-state index contributed by atoms with van der Waals surface area (Å²) in [6.45, 7) is 4.20. The zero-order valence-electron chi connectivity index (χ0n) is 22.9. The van der Waals surface area contributed by atoms with Crippen molar-refractivity contribution in [1.82, 2.24) is 16.0 Å². The van der Waals surface area contributed by atoms with E-state index in [9.17, 15) is 0 Å². The molecular weight excluding hydrogens is 450 g/mol. The molecule has 0 saturated heterocycles. The van der Waals surface area contributed by atoms with Gasteiger partial charge in [-0.3, -0.25) is 0 Å². The van der Waals surface area contributed by atoms with E-state index in [2.05, 4.69) is 126 Å². The average molecular weight is 498 g/mol. The van der Waals surface area contributed by atoms with Gasteiger partial charge in [-0.1, -0.05) is 84.0 Å². The van der Waals surface area contributed by atoms with Gasteiger partial charge < -0.3 is 16.0 Å². The van der Waals surface area contributed by atoms with Gasteiger partial charge in [0.15, 0.2) is 0 Å². The molecule has 34 heavy (non-hydrogen) atoms. The normalized spacial score (nSPS) is 11.1. The first-order valence-corrected chi connectivity index (χ1v) is 14.0. The minimum absolute atomic E-state index is 0.292. The predicted molar refractivity (Wildman–Crippen MR) is 153 cm³/mol. The van der Waals surface area contributed by atoms with Gasteiger partial charge in [0.1, 0.15) is 0 Å². The summed E-state index contributed by atoms with van der Waals surface area (Å²) >= 11 is 0.292. The van der Waals surface area contributed by atoms with Crippen LogP contribution >= 0.6 is 0 Å². The van der Waals surface area contributed by atoms with Crippen LogP contribution in [0.1, 0.15) is 28.7 Å². The molecule has 1 aliphatic carbocycles. The number of benzene rings is 2. The van der Waals surface area contributed by atoms with E-state index in [-0.39, 0.29) is 0 Å². The minimum atomic E-state index is 0.292. The summed E-state index contributed by atoms with van der Waals surface area (Å²) in [7, 11) is 11.2. The van der Waals surface area contributed by atoms with Gasteiger partial charge >= 0.3 is 52.9 Å². The zero-order valence-corrected chi connectivity index (χ0v) is 24.4. The molecule has 0 saturated carbocycles.